The Morgan fingerprint density at radius 1 is 1.25 bits per heavy atom. The van der Waals surface area contributed by atoms with E-state index in [1.54, 1.807) is 0 Å². The van der Waals surface area contributed by atoms with E-state index in [1.165, 1.54) is 29.5 Å². The van der Waals surface area contributed by atoms with Crippen molar-refractivity contribution in [2.24, 2.45) is 0 Å². The van der Waals surface area contributed by atoms with Crippen molar-refractivity contribution in [1.82, 2.24) is 15.2 Å². The Labute approximate surface area is 133 Å². The van der Waals surface area contributed by atoms with E-state index in [1.807, 2.05) is 12.1 Å². The molecule has 20 heavy (non-hydrogen) atoms. The first-order valence-corrected chi connectivity index (χ1v) is 8.96. The average molecular weight is 370 g/mol. The first-order valence-electron chi connectivity index (χ1n) is 6.36. The molecule has 1 aliphatic rings. The van der Waals surface area contributed by atoms with Gasteiger partial charge in [0.05, 0.1) is 25.8 Å². The third kappa shape index (κ3) is 3.27. The van der Waals surface area contributed by atoms with E-state index in [9.17, 15) is 4.79 Å². The fourth-order valence-corrected chi connectivity index (χ4v) is 4.17. The van der Waals surface area contributed by atoms with Crippen LogP contribution >= 0.6 is 39.0 Å². The van der Waals surface area contributed by atoms with Crippen LogP contribution in [0.4, 0.5) is 0 Å². The molecule has 0 saturated carbocycles. The SMILES string of the molecule is O=C(CSc1nnc2c(n1)CCCC2)c1ccc(Br)s1. The predicted octanol–water partition coefficient (Wildman–Crippen LogP) is 3.55. The minimum absolute atomic E-state index is 0.104. The van der Waals surface area contributed by atoms with E-state index in [0.717, 1.165) is 39.3 Å². The molecular weight excluding hydrogens is 358 g/mol. The lowest BCUT2D eigenvalue weighted by molar-refractivity contribution is 0.102. The first kappa shape index (κ1) is 14.2. The molecule has 2 aromatic heterocycles. The van der Waals surface area contributed by atoms with Crippen LogP contribution in [0.2, 0.25) is 0 Å². The van der Waals surface area contributed by atoms with Gasteiger partial charge in [-0.1, -0.05) is 11.8 Å². The molecule has 0 radical (unpaired) electrons. The number of hydrogen-bond donors (Lipinski definition) is 0. The predicted molar refractivity (Wildman–Crippen MR) is 83.5 cm³/mol. The lowest BCUT2D eigenvalue weighted by Crippen LogP contribution is -2.11. The molecule has 0 aromatic carbocycles. The van der Waals surface area contributed by atoms with Gasteiger partial charge in [0.25, 0.3) is 0 Å². The number of hydrogen-bond acceptors (Lipinski definition) is 6. The van der Waals surface area contributed by atoms with Crippen molar-refractivity contribution in [2.75, 3.05) is 5.75 Å². The van der Waals surface area contributed by atoms with E-state index < -0.39 is 0 Å². The molecule has 0 N–H and O–H groups in total. The van der Waals surface area contributed by atoms with Crippen LogP contribution in [0.1, 0.15) is 33.9 Å². The minimum atomic E-state index is 0.104. The van der Waals surface area contributed by atoms with Crippen LogP contribution in [-0.4, -0.2) is 26.7 Å². The van der Waals surface area contributed by atoms with Crippen LogP contribution in [-0.2, 0) is 12.8 Å². The zero-order valence-corrected chi connectivity index (χ0v) is 13.9. The number of halogens is 1. The maximum atomic E-state index is 12.0. The summed E-state index contributed by atoms with van der Waals surface area (Å²) in [4.78, 5) is 17.3. The number of ketones is 1. The van der Waals surface area contributed by atoms with Crippen LogP contribution in [0.25, 0.3) is 0 Å². The molecule has 104 valence electrons. The minimum Gasteiger partial charge on any atom is -0.292 e. The number of carbonyl (C=O) groups is 1. The molecule has 0 unspecified atom stereocenters. The van der Waals surface area contributed by atoms with Gasteiger partial charge >= 0.3 is 0 Å². The van der Waals surface area contributed by atoms with E-state index in [0.29, 0.717) is 10.9 Å². The number of Topliss-reactive ketones (excluding diaryl/α,β-unsaturated/α-hetero) is 1. The lowest BCUT2D eigenvalue weighted by Gasteiger charge is -2.12. The summed E-state index contributed by atoms with van der Waals surface area (Å²) in [6.07, 6.45) is 4.28. The lowest BCUT2D eigenvalue weighted by atomic mass is 10.0. The molecule has 2 aromatic rings. The van der Waals surface area contributed by atoms with Crippen molar-refractivity contribution < 1.29 is 4.79 Å². The van der Waals surface area contributed by atoms with Crippen molar-refractivity contribution in [3.8, 4) is 0 Å². The monoisotopic (exact) mass is 369 g/mol. The number of thioether (sulfide) groups is 1. The number of carbonyl (C=O) groups excluding carboxylic acids is 1. The van der Waals surface area contributed by atoms with Crippen molar-refractivity contribution >= 4 is 44.8 Å². The fraction of sp³-hybridized carbons (Fsp3) is 0.385. The molecule has 0 fully saturated rings. The highest BCUT2D eigenvalue weighted by atomic mass is 79.9. The number of nitrogens with zero attached hydrogens (tertiary/aromatic N) is 3. The van der Waals surface area contributed by atoms with E-state index in [4.69, 9.17) is 0 Å². The highest BCUT2D eigenvalue weighted by molar-refractivity contribution is 9.11. The Morgan fingerprint density at radius 2 is 2.05 bits per heavy atom. The second kappa shape index (κ2) is 6.32. The first-order chi connectivity index (χ1) is 9.72. The van der Waals surface area contributed by atoms with Gasteiger partial charge in [-0.15, -0.1) is 16.4 Å². The van der Waals surface area contributed by atoms with Gasteiger partial charge in [0.15, 0.2) is 5.78 Å². The van der Waals surface area contributed by atoms with Crippen LogP contribution < -0.4 is 0 Å². The number of aromatic nitrogens is 3. The number of rotatable bonds is 4. The second-order valence-electron chi connectivity index (χ2n) is 4.51. The summed E-state index contributed by atoms with van der Waals surface area (Å²) in [6, 6.07) is 3.73. The van der Waals surface area contributed by atoms with Crippen LogP contribution in [0.5, 0.6) is 0 Å². The summed E-state index contributed by atoms with van der Waals surface area (Å²) in [7, 11) is 0. The average Bonchev–Trinajstić information content (AvgIpc) is 2.91. The Kier molecular flexibility index (Phi) is 4.48. The molecule has 0 atom stereocenters. The molecule has 0 bridgehead atoms. The normalized spacial score (nSPS) is 14.1. The maximum Gasteiger partial charge on any atom is 0.209 e. The Hall–Kier alpha value is -0.790. The smallest absolute Gasteiger partial charge is 0.209 e. The van der Waals surface area contributed by atoms with Gasteiger partial charge in [-0.2, -0.15) is 5.10 Å². The number of aryl methyl sites for hydroxylation is 2. The third-order valence-electron chi connectivity index (χ3n) is 3.08. The molecular formula is C13H12BrN3OS2. The van der Waals surface area contributed by atoms with Crippen molar-refractivity contribution in [2.45, 2.75) is 30.8 Å². The number of fused-ring (bicyclic) bond motifs is 1. The van der Waals surface area contributed by atoms with Gasteiger partial charge in [-0.05, 0) is 53.7 Å². The fourth-order valence-electron chi connectivity index (χ4n) is 2.07. The van der Waals surface area contributed by atoms with E-state index in [2.05, 4.69) is 31.1 Å². The summed E-state index contributed by atoms with van der Waals surface area (Å²) < 4.78 is 0.970. The maximum absolute atomic E-state index is 12.0. The molecule has 0 amide bonds. The molecule has 1 aliphatic carbocycles. The topological polar surface area (TPSA) is 55.7 Å². The highest BCUT2D eigenvalue weighted by Crippen LogP contribution is 2.25. The molecule has 0 aliphatic heterocycles. The summed E-state index contributed by atoms with van der Waals surface area (Å²) in [6.45, 7) is 0. The van der Waals surface area contributed by atoms with Gasteiger partial charge in [0.2, 0.25) is 5.16 Å². The molecule has 7 heteroatoms. The molecule has 3 rings (SSSR count). The van der Waals surface area contributed by atoms with Gasteiger partial charge in [0, 0.05) is 0 Å². The zero-order chi connectivity index (χ0) is 13.9. The molecule has 0 spiro atoms. The van der Waals surface area contributed by atoms with Crippen LogP contribution in [0.3, 0.4) is 0 Å². The summed E-state index contributed by atoms with van der Waals surface area (Å²) >= 11 is 6.18. The Bertz CT molecular complexity index is 644. The largest absolute Gasteiger partial charge is 0.292 e. The second-order valence-corrected chi connectivity index (χ2v) is 7.92. The Balaban J connectivity index is 1.65. The quantitative estimate of drug-likeness (QED) is 0.609. The van der Waals surface area contributed by atoms with E-state index >= 15 is 0 Å². The summed E-state index contributed by atoms with van der Waals surface area (Å²) in [5, 5.41) is 8.94. The van der Waals surface area contributed by atoms with Gasteiger partial charge in [-0.25, -0.2) is 4.98 Å². The standard InChI is InChI=1S/C13H12BrN3OS2/c14-12-6-5-11(20-12)10(18)7-19-13-15-8-3-1-2-4-9(8)16-17-13/h5-6H,1-4,7H2. The van der Waals surface area contributed by atoms with Crippen molar-refractivity contribution in [1.29, 1.82) is 0 Å². The van der Waals surface area contributed by atoms with Crippen molar-refractivity contribution in [3.63, 3.8) is 0 Å². The molecule has 4 nitrogen and oxygen atoms in total. The van der Waals surface area contributed by atoms with Crippen LogP contribution in [0.15, 0.2) is 21.1 Å². The summed E-state index contributed by atoms with van der Waals surface area (Å²) in [5.41, 5.74) is 2.08. The van der Waals surface area contributed by atoms with Crippen LogP contribution in [0, 0.1) is 0 Å². The molecule has 2 heterocycles. The van der Waals surface area contributed by atoms with Crippen molar-refractivity contribution in [3.05, 3.63) is 32.2 Å². The van der Waals surface area contributed by atoms with Gasteiger partial charge in [-0.3, -0.25) is 4.79 Å². The van der Waals surface area contributed by atoms with Gasteiger partial charge < -0.3 is 0 Å². The Morgan fingerprint density at radius 3 is 2.80 bits per heavy atom. The molecule has 0 saturated heterocycles. The van der Waals surface area contributed by atoms with E-state index in [-0.39, 0.29) is 5.78 Å². The highest BCUT2D eigenvalue weighted by Gasteiger charge is 2.15. The van der Waals surface area contributed by atoms with Gasteiger partial charge in [0.1, 0.15) is 0 Å². The third-order valence-corrected chi connectivity index (χ3v) is 5.58. The number of thiophene rings is 1. The zero-order valence-electron chi connectivity index (χ0n) is 10.6. The summed E-state index contributed by atoms with van der Waals surface area (Å²) in [5.74, 6) is 0.458.